The van der Waals surface area contributed by atoms with E-state index in [1.807, 2.05) is 0 Å². The molecule has 0 aromatic rings. The molecule has 0 spiro atoms. The predicted octanol–water partition coefficient (Wildman–Crippen LogP) is 1.85. The van der Waals surface area contributed by atoms with E-state index in [1.54, 1.807) is 0 Å². The van der Waals surface area contributed by atoms with E-state index in [9.17, 15) is 0 Å². The molecule has 4 aliphatic heterocycles. The van der Waals surface area contributed by atoms with Crippen molar-refractivity contribution in [2.24, 2.45) is 21.7 Å². The highest BCUT2D eigenvalue weighted by atomic mass is 16.5. The predicted molar refractivity (Wildman–Crippen MR) is 127 cm³/mol. The molecule has 6 fully saturated rings. The molecule has 6 nitrogen and oxygen atoms in total. The van der Waals surface area contributed by atoms with Crippen molar-refractivity contribution in [3.8, 4) is 0 Å². The van der Waals surface area contributed by atoms with Gasteiger partial charge in [-0.2, -0.15) is 0 Å². The number of likely N-dealkylation sites (tertiary alicyclic amines) is 2. The Bertz CT molecular complexity index is 684. The Morgan fingerprint density at radius 3 is 1.28 bits per heavy atom. The molecule has 6 rings (SSSR count). The second-order valence-corrected chi connectivity index (χ2v) is 13.0. The zero-order chi connectivity index (χ0) is 22.5. The summed E-state index contributed by atoms with van der Waals surface area (Å²) in [5.41, 5.74) is 1.15. The van der Waals surface area contributed by atoms with Crippen molar-refractivity contribution in [1.82, 2.24) is 19.6 Å². The maximum atomic E-state index is 5.78. The second-order valence-electron chi connectivity index (χ2n) is 13.0. The van der Waals surface area contributed by atoms with Gasteiger partial charge >= 0.3 is 0 Å². The molecule has 182 valence electrons. The molecule has 6 atom stereocenters. The van der Waals surface area contributed by atoms with Crippen LogP contribution in [-0.4, -0.2) is 124 Å². The van der Waals surface area contributed by atoms with Crippen LogP contribution < -0.4 is 0 Å². The van der Waals surface area contributed by atoms with Gasteiger partial charge in [0.2, 0.25) is 0 Å². The Kier molecular flexibility index (Phi) is 4.96. The molecule has 0 N–H and O–H groups in total. The van der Waals surface area contributed by atoms with Crippen LogP contribution in [0, 0.1) is 21.7 Å². The van der Waals surface area contributed by atoms with Crippen molar-refractivity contribution in [3.05, 3.63) is 0 Å². The third-order valence-electron chi connectivity index (χ3n) is 11.9. The van der Waals surface area contributed by atoms with Crippen molar-refractivity contribution in [2.45, 2.75) is 64.7 Å². The van der Waals surface area contributed by atoms with Crippen LogP contribution in [-0.2, 0) is 9.47 Å². The van der Waals surface area contributed by atoms with Crippen molar-refractivity contribution in [1.29, 1.82) is 0 Å². The Morgan fingerprint density at radius 1 is 0.594 bits per heavy atom. The van der Waals surface area contributed by atoms with Crippen LogP contribution in [0.3, 0.4) is 0 Å². The zero-order valence-electron chi connectivity index (χ0n) is 21.4. The number of hydrogen-bond acceptors (Lipinski definition) is 6. The maximum absolute atomic E-state index is 5.78. The summed E-state index contributed by atoms with van der Waals surface area (Å²) in [6.07, 6.45) is 2.65. The van der Waals surface area contributed by atoms with E-state index in [4.69, 9.17) is 9.47 Å². The van der Waals surface area contributed by atoms with Crippen LogP contribution in [0.2, 0.25) is 0 Å². The lowest BCUT2D eigenvalue weighted by atomic mass is 9.35. The minimum Gasteiger partial charge on any atom is -0.379 e. The third kappa shape index (κ3) is 2.42. The number of ether oxygens (including phenoxy) is 2. The lowest BCUT2D eigenvalue weighted by Crippen LogP contribution is -2.75. The fourth-order valence-electron chi connectivity index (χ4n) is 10.5. The van der Waals surface area contributed by atoms with E-state index in [0.717, 1.165) is 52.6 Å². The molecule has 32 heavy (non-hydrogen) atoms. The molecule has 4 bridgehead atoms. The fraction of sp³-hybridized carbons (Fsp3) is 1.00. The molecule has 6 aliphatic rings. The van der Waals surface area contributed by atoms with Crippen LogP contribution in [0.25, 0.3) is 0 Å². The molecule has 0 radical (unpaired) electrons. The van der Waals surface area contributed by atoms with Gasteiger partial charge in [-0.25, -0.2) is 0 Å². The highest BCUT2D eigenvalue weighted by Crippen LogP contribution is 2.80. The average molecular weight is 447 g/mol. The molecule has 6 heteroatoms. The average Bonchev–Trinajstić information content (AvgIpc) is 2.93. The van der Waals surface area contributed by atoms with E-state index < -0.39 is 0 Å². The molecule has 0 aromatic heterocycles. The molecule has 6 unspecified atom stereocenters. The molecule has 2 saturated carbocycles. The van der Waals surface area contributed by atoms with Gasteiger partial charge in [-0.3, -0.25) is 19.6 Å². The van der Waals surface area contributed by atoms with Crippen molar-refractivity contribution in [2.75, 3.05) is 79.8 Å². The highest BCUT2D eigenvalue weighted by molar-refractivity contribution is 5.37. The van der Waals surface area contributed by atoms with E-state index in [-0.39, 0.29) is 10.8 Å². The van der Waals surface area contributed by atoms with Crippen LogP contribution in [0.15, 0.2) is 0 Å². The van der Waals surface area contributed by atoms with Gasteiger partial charge in [-0.1, -0.05) is 27.7 Å². The maximum Gasteiger partial charge on any atom is 0.0594 e. The van der Waals surface area contributed by atoms with E-state index in [0.29, 0.717) is 35.0 Å². The van der Waals surface area contributed by atoms with Crippen molar-refractivity contribution >= 4 is 0 Å². The Balaban J connectivity index is 1.54. The van der Waals surface area contributed by atoms with Gasteiger partial charge in [-0.05, 0) is 37.8 Å². The van der Waals surface area contributed by atoms with Crippen molar-refractivity contribution < 1.29 is 9.47 Å². The van der Waals surface area contributed by atoms with Crippen LogP contribution in [0.4, 0.5) is 0 Å². The standard InChI is InChI=1S/C26H46N4O2/c1-23(2)19-15-22-26(18-30-9-13-32-14-10-30)24(3,4)20(28(22)6)16-21(27(19)5)25(23,26)17-29-7-11-31-12-8-29/h19-22H,7-18H2,1-6H3. The van der Waals surface area contributed by atoms with Gasteiger partial charge in [0.1, 0.15) is 0 Å². The Morgan fingerprint density at radius 2 is 0.938 bits per heavy atom. The monoisotopic (exact) mass is 446 g/mol. The van der Waals surface area contributed by atoms with Gasteiger partial charge in [0.25, 0.3) is 0 Å². The minimum atomic E-state index is 0.280. The summed E-state index contributed by atoms with van der Waals surface area (Å²) < 4.78 is 11.6. The number of morpholine rings is 2. The number of fused-ring (bicyclic) bond motifs is 2. The first-order valence-electron chi connectivity index (χ1n) is 13.2. The topological polar surface area (TPSA) is 31.4 Å². The largest absolute Gasteiger partial charge is 0.379 e. The Labute approximate surface area is 195 Å². The van der Waals surface area contributed by atoms with Gasteiger partial charge in [0, 0.05) is 74.3 Å². The normalized spacial score (nSPS) is 48.6. The van der Waals surface area contributed by atoms with E-state index in [1.165, 1.54) is 25.9 Å². The molecule has 2 aliphatic carbocycles. The number of hydrogen-bond donors (Lipinski definition) is 0. The first-order chi connectivity index (χ1) is 15.2. The first-order valence-corrected chi connectivity index (χ1v) is 13.2. The van der Waals surface area contributed by atoms with Crippen molar-refractivity contribution in [3.63, 3.8) is 0 Å². The van der Waals surface area contributed by atoms with Gasteiger partial charge < -0.3 is 9.47 Å². The smallest absolute Gasteiger partial charge is 0.0594 e. The molecular weight excluding hydrogens is 400 g/mol. The molecule has 4 heterocycles. The first kappa shape index (κ1) is 22.2. The van der Waals surface area contributed by atoms with Crippen LogP contribution in [0.1, 0.15) is 40.5 Å². The Hall–Kier alpha value is -0.240. The summed E-state index contributed by atoms with van der Waals surface area (Å²) in [7, 11) is 4.95. The van der Waals surface area contributed by atoms with Crippen LogP contribution >= 0.6 is 0 Å². The fourth-order valence-corrected chi connectivity index (χ4v) is 10.5. The second kappa shape index (κ2) is 7.14. The lowest BCUT2D eigenvalue weighted by Gasteiger charge is -2.69. The summed E-state index contributed by atoms with van der Waals surface area (Å²) in [5.74, 6) is 0. The number of rotatable bonds is 4. The highest BCUT2D eigenvalue weighted by Gasteiger charge is 2.85. The zero-order valence-corrected chi connectivity index (χ0v) is 21.4. The van der Waals surface area contributed by atoms with Crippen LogP contribution in [0.5, 0.6) is 0 Å². The molecular formula is C26H46N4O2. The summed E-state index contributed by atoms with van der Waals surface area (Å²) in [6, 6.07) is 2.68. The summed E-state index contributed by atoms with van der Waals surface area (Å²) >= 11 is 0. The lowest BCUT2D eigenvalue weighted by molar-refractivity contribution is -0.201. The third-order valence-corrected chi connectivity index (χ3v) is 11.9. The number of nitrogens with zero attached hydrogens (tertiary/aromatic N) is 4. The molecule has 0 aromatic carbocycles. The quantitative estimate of drug-likeness (QED) is 0.655. The van der Waals surface area contributed by atoms with Gasteiger partial charge in [0.05, 0.1) is 26.4 Å². The van der Waals surface area contributed by atoms with E-state index >= 15 is 0 Å². The SMILES string of the molecule is CN1C2CC3N(C)C4CC1C(CN1CCOCC1)(C2(C)C)C3(CN1CCOCC1)C4(C)C. The summed E-state index contributed by atoms with van der Waals surface area (Å²) in [5, 5.41) is 0. The summed E-state index contributed by atoms with van der Waals surface area (Å²) in [4.78, 5) is 11.3. The summed E-state index contributed by atoms with van der Waals surface area (Å²) in [6.45, 7) is 21.0. The van der Waals surface area contributed by atoms with Gasteiger partial charge in [-0.15, -0.1) is 0 Å². The molecule has 0 amide bonds. The molecule has 4 saturated heterocycles. The minimum absolute atomic E-state index is 0.280. The van der Waals surface area contributed by atoms with E-state index in [2.05, 4.69) is 61.4 Å². The van der Waals surface area contributed by atoms with Gasteiger partial charge in [0.15, 0.2) is 0 Å².